The van der Waals surface area contributed by atoms with Crippen LogP contribution in [-0.2, 0) is 0 Å². The van der Waals surface area contributed by atoms with Crippen LogP contribution in [0, 0.1) is 75.9 Å². The average Bonchev–Trinajstić information content (AvgIpc) is 3.20. The molecule has 1 N–H and O–H groups in total. The van der Waals surface area contributed by atoms with Gasteiger partial charge in [-0.25, -0.2) is 39.5 Å². The van der Waals surface area contributed by atoms with E-state index in [1.54, 1.807) is 0 Å². The highest BCUT2D eigenvalue weighted by Crippen LogP contribution is 2.31. The van der Waals surface area contributed by atoms with E-state index in [9.17, 15) is 48.3 Å². The molecule has 17 heteroatoms. The molecule has 0 saturated carbocycles. The SMILES string of the molecule is CCCCCCCCCCCCC[NH+](CCCCCC)c1c(OB(Oc2cc(F)c(F)c(F)c2)Oc2cc(F)c(F)c(F)c2)cc(F)c(F)c1F.Fc1c[c-]cc(F)c1F. The van der Waals surface area contributed by atoms with Gasteiger partial charge in [-0.05, 0) is 25.7 Å². The molecule has 0 aliphatic carbocycles. The fraction of sp³-hybridized carbons (Fsp3) is 0.442. The number of quaternary nitrogens is 1. The first-order valence-electron chi connectivity index (χ1n) is 20.0. The molecule has 0 fully saturated rings. The Bertz CT molecular complexity index is 1810. The summed E-state index contributed by atoms with van der Waals surface area (Å²) in [7, 11) is -2.31. The third kappa shape index (κ3) is 15.8. The first-order chi connectivity index (χ1) is 28.7. The third-order valence-corrected chi connectivity index (χ3v) is 9.34. The number of hydrogen-bond donors (Lipinski definition) is 1. The minimum Gasteiger partial charge on any atom is -0.489 e. The van der Waals surface area contributed by atoms with Crippen molar-refractivity contribution in [3.8, 4) is 17.2 Å². The Kier molecular flexibility index (Phi) is 21.5. The monoisotopic (exact) mass is 865 g/mol. The second-order valence-corrected chi connectivity index (χ2v) is 14.1. The lowest BCUT2D eigenvalue weighted by Crippen LogP contribution is -3.07. The summed E-state index contributed by atoms with van der Waals surface area (Å²) >= 11 is 0. The molecule has 0 aliphatic rings. The van der Waals surface area contributed by atoms with Crippen molar-refractivity contribution in [3.05, 3.63) is 118 Å². The van der Waals surface area contributed by atoms with E-state index >= 15 is 4.39 Å². The Labute approximate surface area is 343 Å². The maximum absolute atomic E-state index is 15.7. The van der Waals surface area contributed by atoms with Gasteiger partial charge in [0.05, 0.1) is 18.9 Å². The lowest BCUT2D eigenvalue weighted by molar-refractivity contribution is -0.834. The van der Waals surface area contributed by atoms with Gasteiger partial charge in [-0.3, -0.25) is 13.7 Å². The molecule has 0 radical (unpaired) electrons. The molecule has 0 heterocycles. The minimum atomic E-state index is -2.31. The number of unbranched alkanes of at least 4 members (excludes halogenated alkanes) is 13. The van der Waals surface area contributed by atoms with Crippen LogP contribution < -0.4 is 18.9 Å². The normalized spacial score (nSPS) is 11.6. The zero-order valence-electron chi connectivity index (χ0n) is 33.4. The van der Waals surface area contributed by atoms with Gasteiger partial charge in [0, 0.05) is 42.0 Å². The van der Waals surface area contributed by atoms with Gasteiger partial charge in [-0.1, -0.05) is 84.5 Å². The van der Waals surface area contributed by atoms with Gasteiger partial charge < -0.3 is 14.0 Å². The highest BCUT2D eigenvalue weighted by atomic mass is 19.2. The first-order valence-corrected chi connectivity index (χ1v) is 20.0. The smallest absolute Gasteiger partial charge is 0.489 e. The molecule has 4 aromatic carbocycles. The molecule has 1 atom stereocenters. The van der Waals surface area contributed by atoms with Gasteiger partial charge in [0.2, 0.25) is 17.3 Å². The summed E-state index contributed by atoms with van der Waals surface area (Å²) in [6.45, 7) is 4.78. The molecule has 60 heavy (non-hydrogen) atoms. The van der Waals surface area contributed by atoms with Crippen LogP contribution in [0.15, 0.2) is 42.5 Å². The predicted octanol–water partition coefficient (Wildman–Crippen LogP) is 12.8. The van der Waals surface area contributed by atoms with Crippen LogP contribution in [0.3, 0.4) is 0 Å². The molecular weight excluding hydrogens is 817 g/mol. The number of rotatable bonds is 24. The summed E-state index contributed by atoms with van der Waals surface area (Å²) in [5.74, 6) is -21.4. The van der Waals surface area contributed by atoms with E-state index in [2.05, 4.69) is 13.0 Å². The molecule has 1 unspecified atom stereocenters. The second kappa shape index (κ2) is 25.9. The molecule has 0 bridgehead atoms. The number of nitrogens with one attached hydrogen (secondary N) is 1. The van der Waals surface area contributed by atoms with Crippen molar-refractivity contribution in [1.82, 2.24) is 0 Å². The summed E-state index contributed by atoms with van der Waals surface area (Å²) in [5.41, 5.74) is -0.428. The molecule has 330 valence electrons. The van der Waals surface area contributed by atoms with E-state index < -0.39 is 100 Å². The maximum atomic E-state index is 15.7. The van der Waals surface area contributed by atoms with E-state index in [0.717, 1.165) is 63.5 Å². The van der Waals surface area contributed by atoms with Gasteiger partial charge in [0.1, 0.15) is 11.5 Å². The molecule has 0 spiro atoms. The highest BCUT2D eigenvalue weighted by molar-refractivity contribution is 6.39. The van der Waals surface area contributed by atoms with Crippen molar-refractivity contribution >= 4 is 13.0 Å². The van der Waals surface area contributed by atoms with Crippen LogP contribution in [0.25, 0.3) is 0 Å². The highest BCUT2D eigenvalue weighted by Gasteiger charge is 2.37. The standard InChI is InChI=1S/C37H45BF9NO3.C6H2F3/c1-3-5-7-9-10-11-12-13-14-15-17-19-48(18-16-8-6-4-2)37-32(24-31(43)35(46)36(37)47)51-38(49-25-20-27(39)33(44)28(40)21-25)50-26-22-29(41)34(45)30(42)23-26;7-4-2-1-3-5(8)6(4)9/h20-24H,3-19H2,1-2H3;2-3H/q;-1/p+1. The molecular formula is C43H48BF12NO3. The van der Waals surface area contributed by atoms with Crippen LogP contribution in [0.4, 0.5) is 58.4 Å². The van der Waals surface area contributed by atoms with Crippen molar-refractivity contribution < 1.29 is 71.5 Å². The van der Waals surface area contributed by atoms with Gasteiger partial charge in [0.15, 0.2) is 46.5 Å². The molecule has 0 aromatic heterocycles. The van der Waals surface area contributed by atoms with Crippen LogP contribution >= 0.6 is 0 Å². The average molecular weight is 866 g/mol. The van der Waals surface area contributed by atoms with E-state index in [1.165, 1.54) is 32.1 Å². The fourth-order valence-electron chi connectivity index (χ4n) is 6.17. The summed E-state index contributed by atoms with van der Waals surface area (Å²) < 4.78 is 181. The van der Waals surface area contributed by atoms with E-state index in [0.29, 0.717) is 61.2 Å². The van der Waals surface area contributed by atoms with E-state index in [4.69, 9.17) is 14.0 Å². The Morgan fingerprint density at radius 3 is 1.17 bits per heavy atom. The number of hydrogen-bond acceptors (Lipinski definition) is 3. The van der Waals surface area contributed by atoms with E-state index in [-0.39, 0.29) is 0 Å². The zero-order chi connectivity index (χ0) is 44.2. The number of halogens is 12. The Morgan fingerprint density at radius 1 is 0.417 bits per heavy atom. The van der Waals surface area contributed by atoms with Crippen molar-refractivity contribution in [3.63, 3.8) is 0 Å². The minimum absolute atomic E-state index is 0.297. The predicted molar refractivity (Wildman–Crippen MR) is 203 cm³/mol. The first kappa shape index (κ1) is 49.8. The second-order valence-electron chi connectivity index (χ2n) is 14.1. The molecule has 0 aliphatic heterocycles. The Hall–Kier alpha value is -4.54. The Balaban J connectivity index is 0.000000940. The van der Waals surface area contributed by atoms with Crippen molar-refractivity contribution in [2.24, 2.45) is 0 Å². The van der Waals surface area contributed by atoms with Gasteiger partial charge in [0.25, 0.3) is 0 Å². The molecule has 4 rings (SSSR count). The molecule has 0 amide bonds. The van der Waals surface area contributed by atoms with Crippen LogP contribution in [0.5, 0.6) is 17.2 Å². The molecule has 0 saturated heterocycles. The summed E-state index contributed by atoms with van der Waals surface area (Å²) in [6.07, 6.45) is 14.9. The number of benzene rings is 4. The van der Waals surface area contributed by atoms with E-state index in [1.807, 2.05) is 6.92 Å². The fourth-order valence-corrected chi connectivity index (χ4v) is 6.17. The summed E-state index contributed by atoms with van der Waals surface area (Å²) in [6, 6.07) is 5.66. The lowest BCUT2D eigenvalue weighted by Gasteiger charge is -2.24. The van der Waals surface area contributed by atoms with Crippen molar-refractivity contribution in [2.75, 3.05) is 13.1 Å². The quantitative estimate of drug-likeness (QED) is 0.0250. The van der Waals surface area contributed by atoms with Crippen LogP contribution in [0.1, 0.15) is 110 Å². The zero-order valence-corrected chi connectivity index (χ0v) is 33.4. The topological polar surface area (TPSA) is 32.1 Å². The van der Waals surface area contributed by atoms with Crippen molar-refractivity contribution in [1.29, 1.82) is 0 Å². The largest absolute Gasteiger partial charge is 0.864 e. The lowest BCUT2D eigenvalue weighted by atomic mass is 10.1. The summed E-state index contributed by atoms with van der Waals surface area (Å²) in [5, 5.41) is 0. The van der Waals surface area contributed by atoms with Crippen LogP contribution in [-0.4, -0.2) is 20.4 Å². The van der Waals surface area contributed by atoms with Crippen LogP contribution in [0.2, 0.25) is 0 Å². The third-order valence-electron chi connectivity index (χ3n) is 9.34. The summed E-state index contributed by atoms with van der Waals surface area (Å²) in [4.78, 5) is 0.407. The Morgan fingerprint density at radius 2 is 0.767 bits per heavy atom. The van der Waals surface area contributed by atoms with Crippen molar-refractivity contribution in [2.45, 2.75) is 110 Å². The maximum Gasteiger partial charge on any atom is 0.864 e. The molecule has 4 aromatic rings. The van der Waals surface area contributed by atoms with Gasteiger partial charge in [-0.2, -0.15) is 10.5 Å². The van der Waals surface area contributed by atoms with Gasteiger partial charge >= 0.3 is 7.32 Å². The van der Waals surface area contributed by atoms with Gasteiger partial charge in [-0.15, -0.1) is 12.1 Å². The molecule has 4 nitrogen and oxygen atoms in total.